The molecule has 102 valence electrons. The van der Waals surface area contributed by atoms with Crippen LogP contribution in [0.5, 0.6) is 0 Å². The lowest BCUT2D eigenvalue weighted by atomic mass is 9.97. The smallest absolute Gasteiger partial charge is 0.320 e. The maximum absolute atomic E-state index is 12.1. The number of carboxylic acid groups (broad SMARTS) is 1. The third-order valence-electron chi connectivity index (χ3n) is 3.92. The summed E-state index contributed by atoms with van der Waals surface area (Å²) < 4.78 is 0. The van der Waals surface area contributed by atoms with Gasteiger partial charge in [0.25, 0.3) is 0 Å². The quantitative estimate of drug-likeness (QED) is 0.763. The summed E-state index contributed by atoms with van der Waals surface area (Å²) >= 11 is 0. The maximum Gasteiger partial charge on any atom is 0.320 e. The molecule has 1 unspecified atom stereocenters. The summed E-state index contributed by atoms with van der Waals surface area (Å²) in [6.45, 7) is 5.72. The Hall–Kier alpha value is -1.30. The molecule has 0 aromatic rings. The van der Waals surface area contributed by atoms with Gasteiger partial charge in [0.05, 0.1) is 6.42 Å². The largest absolute Gasteiger partial charge is 0.481 e. The molecule has 0 spiro atoms. The van der Waals surface area contributed by atoms with Gasteiger partial charge in [-0.3, -0.25) is 4.79 Å². The predicted octanol–water partition coefficient (Wildman–Crippen LogP) is 0.149. The van der Waals surface area contributed by atoms with Gasteiger partial charge in [-0.15, -0.1) is 0 Å². The van der Waals surface area contributed by atoms with Crippen LogP contribution in [-0.2, 0) is 4.79 Å². The monoisotopic (exact) mass is 255 g/mol. The second kappa shape index (κ2) is 5.14. The van der Waals surface area contributed by atoms with Crippen molar-refractivity contribution in [1.29, 1.82) is 0 Å². The Morgan fingerprint density at radius 2 is 1.83 bits per heavy atom. The van der Waals surface area contributed by atoms with Crippen LogP contribution in [0.2, 0.25) is 0 Å². The van der Waals surface area contributed by atoms with Crippen molar-refractivity contribution in [1.82, 2.24) is 14.7 Å². The van der Waals surface area contributed by atoms with Crippen LogP contribution in [0.1, 0.15) is 13.3 Å². The highest BCUT2D eigenvalue weighted by atomic mass is 16.4. The number of amides is 2. The van der Waals surface area contributed by atoms with Gasteiger partial charge < -0.3 is 19.8 Å². The van der Waals surface area contributed by atoms with E-state index in [4.69, 9.17) is 5.11 Å². The summed E-state index contributed by atoms with van der Waals surface area (Å²) in [6.07, 6.45) is 0.170. The van der Waals surface area contributed by atoms with Gasteiger partial charge in [-0.1, -0.05) is 0 Å². The Morgan fingerprint density at radius 1 is 1.17 bits per heavy atom. The zero-order valence-electron chi connectivity index (χ0n) is 11.0. The van der Waals surface area contributed by atoms with Crippen molar-refractivity contribution in [2.45, 2.75) is 19.4 Å². The zero-order chi connectivity index (χ0) is 13.3. The van der Waals surface area contributed by atoms with Crippen LogP contribution in [0, 0.1) is 5.92 Å². The van der Waals surface area contributed by atoms with Gasteiger partial charge in [-0.05, 0) is 14.0 Å². The van der Waals surface area contributed by atoms with Crippen molar-refractivity contribution in [3.63, 3.8) is 0 Å². The average Bonchev–Trinajstić information content (AvgIpc) is 2.25. The molecule has 2 heterocycles. The summed E-state index contributed by atoms with van der Waals surface area (Å²) in [7, 11) is 2.07. The Balaban J connectivity index is 1.78. The Kier molecular flexibility index (Phi) is 3.75. The number of nitrogens with zero attached hydrogens (tertiary/aromatic N) is 3. The minimum Gasteiger partial charge on any atom is -0.481 e. The molecule has 2 aliphatic rings. The number of carboxylic acids is 1. The summed E-state index contributed by atoms with van der Waals surface area (Å²) in [5, 5.41) is 8.67. The molecular formula is C12H21N3O3. The van der Waals surface area contributed by atoms with E-state index < -0.39 is 5.97 Å². The van der Waals surface area contributed by atoms with E-state index in [0.29, 0.717) is 19.1 Å². The fraction of sp³-hybridized carbons (Fsp3) is 0.833. The lowest BCUT2D eigenvalue weighted by Gasteiger charge is -2.44. The van der Waals surface area contributed by atoms with Gasteiger partial charge in [0.15, 0.2) is 0 Å². The van der Waals surface area contributed by atoms with Crippen molar-refractivity contribution < 1.29 is 14.7 Å². The molecule has 0 aromatic heterocycles. The zero-order valence-corrected chi connectivity index (χ0v) is 11.0. The highest BCUT2D eigenvalue weighted by molar-refractivity contribution is 5.76. The fourth-order valence-corrected chi connectivity index (χ4v) is 2.52. The van der Waals surface area contributed by atoms with E-state index in [1.807, 2.05) is 4.90 Å². The van der Waals surface area contributed by atoms with Crippen LogP contribution >= 0.6 is 0 Å². The van der Waals surface area contributed by atoms with Crippen LogP contribution < -0.4 is 0 Å². The number of aliphatic carboxylic acids is 1. The molecule has 0 bridgehead atoms. The molecule has 0 saturated carbocycles. The number of carbonyl (C=O) groups excluding carboxylic acids is 1. The van der Waals surface area contributed by atoms with E-state index in [1.165, 1.54) is 0 Å². The Bertz CT molecular complexity index is 341. The first-order valence-electron chi connectivity index (χ1n) is 6.43. The van der Waals surface area contributed by atoms with Gasteiger partial charge >= 0.3 is 12.0 Å². The van der Waals surface area contributed by atoms with Crippen molar-refractivity contribution in [3.05, 3.63) is 0 Å². The second-order valence-electron chi connectivity index (χ2n) is 5.43. The summed E-state index contributed by atoms with van der Waals surface area (Å²) in [5.41, 5.74) is 0. The van der Waals surface area contributed by atoms with E-state index in [-0.39, 0.29) is 18.4 Å². The predicted molar refractivity (Wildman–Crippen MR) is 66.4 cm³/mol. The van der Waals surface area contributed by atoms with Crippen molar-refractivity contribution in [2.75, 3.05) is 39.8 Å². The number of urea groups is 1. The Morgan fingerprint density at radius 3 is 2.39 bits per heavy atom. The number of rotatable bonds is 2. The number of likely N-dealkylation sites (tertiary alicyclic amines) is 1. The number of piperazine rings is 1. The average molecular weight is 255 g/mol. The molecule has 0 aromatic carbocycles. The molecule has 2 aliphatic heterocycles. The highest BCUT2D eigenvalue weighted by Gasteiger charge is 2.35. The second-order valence-corrected chi connectivity index (χ2v) is 5.43. The van der Waals surface area contributed by atoms with Gasteiger partial charge in [0.2, 0.25) is 0 Å². The lowest BCUT2D eigenvalue weighted by molar-refractivity contribution is -0.139. The van der Waals surface area contributed by atoms with Gasteiger partial charge in [0, 0.05) is 44.7 Å². The molecular weight excluding hydrogens is 234 g/mol. The third-order valence-corrected chi connectivity index (χ3v) is 3.92. The van der Waals surface area contributed by atoms with Crippen molar-refractivity contribution in [2.24, 2.45) is 5.92 Å². The minimum absolute atomic E-state index is 0.0663. The molecule has 6 heteroatoms. The number of hydrogen-bond donors (Lipinski definition) is 1. The lowest BCUT2D eigenvalue weighted by Crippen LogP contribution is -2.60. The van der Waals surface area contributed by atoms with Gasteiger partial charge in [-0.25, -0.2) is 4.79 Å². The summed E-state index contributed by atoms with van der Waals surface area (Å²) in [4.78, 5) is 28.6. The van der Waals surface area contributed by atoms with Crippen molar-refractivity contribution in [3.8, 4) is 0 Å². The molecule has 2 rings (SSSR count). The van der Waals surface area contributed by atoms with E-state index >= 15 is 0 Å². The first-order valence-corrected chi connectivity index (χ1v) is 6.43. The van der Waals surface area contributed by atoms with E-state index in [9.17, 15) is 9.59 Å². The maximum atomic E-state index is 12.1. The molecule has 0 radical (unpaired) electrons. The molecule has 2 saturated heterocycles. The fourth-order valence-electron chi connectivity index (χ4n) is 2.52. The van der Waals surface area contributed by atoms with Crippen LogP contribution in [0.15, 0.2) is 0 Å². The molecule has 0 aliphatic carbocycles. The molecule has 2 fully saturated rings. The van der Waals surface area contributed by atoms with Crippen LogP contribution in [0.25, 0.3) is 0 Å². The number of likely N-dealkylation sites (N-methyl/N-ethyl adjacent to an activating group) is 1. The van der Waals surface area contributed by atoms with E-state index in [1.54, 1.807) is 4.90 Å². The first-order chi connectivity index (χ1) is 8.47. The third kappa shape index (κ3) is 2.75. The topological polar surface area (TPSA) is 64.1 Å². The van der Waals surface area contributed by atoms with Gasteiger partial charge in [-0.2, -0.15) is 0 Å². The summed E-state index contributed by atoms with van der Waals surface area (Å²) in [6, 6.07) is 0.454. The SMILES string of the molecule is CC1CN(C(=O)N2CC(CC(=O)O)C2)CCN1C. The van der Waals surface area contributed by atoms with Crippen LogP contribution in [0.3, 0.4) is 0 Å². The molecule has 2 amide bonds. The van der Waals surface area contributed by atoms with Crippen LogP contribution in [0.4, 0.5) is 4.79 Å². The standard InChI is InChI=1S/C12H21N3O3/c1-9-6-14(4-3-13(9)2)12(18)15-7-10(8-15)5-11(16)17/h9-10H,3-8H2,1-2H3,(H,16,17). The van der Waals surface area contributed by atoms with Crippen LogP contribution in [-0.4, -0.2) is 77.6 Å². The van der Waals surface area contributed by atoms with Crippen molar-refractivity contribution >= 4 is 12.0 Å². The number of hydrogen-bond acceptors (Lipinski definition) is 3. The van der Waals surface area contributed by atoms with E-state index in [0.717, 1.165) is 19.6 Å². The minimum atomic E-state index is -0.777. The normalized spacial score (nSPS) is 26.0. The number of carbonyl (C=O) groups is 2. The van der Waals surface area contributed by atoms with Gasteiger partial charge in [0.1, 0.15) is 0 Å². The highest BCUT2D eigenvalue weighted by Crippen LogP contribution is 2.21. The molecule has 18 heavy (non-hydrogen) atoms. The molecule has 6 nitrogen and oxygen atoms in total. The molecule has 1 atom stereocenters. The molecule has 1 N–H and O–H groups in total. The first kappa shape index (κ1) is 13.1. The Labute approximate surface area is 107 Å². The van der Waals surface area contributed by atoms with E-state index in [2.05, 4.69) is 18.9 Å². The summed E-state index contributed by atoms with van der Waals surface area (Å²) in [5.74, 6) is -0.642.